The number of nitrogens with one attached hydrogen (secondary N) is 1. The van der Waals surface area contributed by atoms with Crippen molar-refractivity contribution in [1.82, 2.24) is 20.2 Å². The van der Waals surface area contributed by atoms with Crippen LogP contribution in [0.4, 0.5) is 10.2 Å². The average Bonchev–Trinajstić information content (AvgIpc) is 2.89. The Morgan fingerprint density at radius 3 is 2.82 bits per heavy atom. The van der Waals surface area contributed by atoms with Crippen molar-refractivity contribution in [2.75, 3.05) is 37.6 Å². The Hall–Kier alpha value is -3.32. The monoisotopic (exact) mass is 461 g/mol. The number of aromatic nitrogens is 2. The Morgan fingerprint density at radius 2 is 2.03 bits per heavy atom. The highest BCUT2D eigenvalue weighted by atomic mass is 19.1. The highest BCUT2D eigenvalue weighted by Crippen LogP contribution is 2.24. The molecule has 0 unspecified atom stereocenters. The maximum absolute atomic E-state index is 13.6. The molecule has 178 valence electrons. The van der Waals surface area contributed by atoms with Crippen LogP contribution in [0.2, 0.25) is 0 Å². The number of likely N-dealkylation sites (N-methyl/N-ethyl adjacent to an activating group) is 1. The van der Waals surface area contributed by atoms with Crippen LogP contribution in [0, 0.1) is 11.7 Å². The van der Waals surface area contributed by atoms with Crippen LogP contribution in [-0.2, 0) is 11.3 Å². The summed E-state index contributed by atoms with van der Waals surface area (Å²) >= 11 is 0. The van der Waals surface area contributed by atoms with Gasteiger partial charge in [-0.2, -0.15) is 0 Å². The molecule has 2 heterocycles. The Morgan fingerprint density at radius 1 is 1.18 bits per heavy atom. The van der Waals surface area contributed by atoms with E-state index < -0.39 is 0 Å². The van der Waals surface area contributed by atoms with Gasteiger partial charge in [-0.15, -0.1) is 0 Å². The molecule has 34 heavy (non-hydrogen) atoms. The van der Waals surface area contributed by atoms with Crippen molar-refractivity contribution in [3.8, 4) is 11.4 Å². The van der Waals surface area contributed by atoms with Crippen molar-refractivity contribution in [1.29, 1.82) is 0 Å². The molecule has 0 bridgehead atoms. The Balaban J connectivity index is 1.31. The lowest BCUT2D eigenvalue weighted by molar-refractivity contribution is -0.125. The van der Waals surface area contributed by atoms with Gasteiger partial charge in [-0.25, -0.2) is 14.4 Å². The molecule has 1 amide bonds. The van der Waals surface area contributed by atoms with Gasteiger partial charge in [0.15, 0.2) is 5.82 Å². The smallest absolute Gasteiger partial charge is 0.224 e. The standard InChI is InChI=1S/C27H32FN5O/c1-2-32(19-21-8-4-3-5-9-21)17-15-30-27(34)23-11-7-16-33(20-23)25-13-14-29-26(31-25)22-10-6-12-24(28)18-22/h3-6,8-10,12-14,18,23H,2,7,11,15-17,19-20H2,1H3,(H,30,34)/t23-/m1/s1. The molecule has 0 spiro atoms. The van der Waals surface area contributed by atoms with Crippen molar-refractivity contribution >= 4 is 11.7 Å². The van der Waals surface area contributed by atoms with Gasteiger partial charge in [0.05, 0.1) is 5.92 Å². The molecule has 7 heteroatoms. The fourth-order valence-corrected chi connectivity index (χ4v) is 4.36. The van der Waals surface area contributed by atoms with E-state index in [-0.39, 0.29) is 17.6 Å². The quantitative estimate of drug-likeness (QED) is 0.519. The van der Waals surface area contributed by atoms with Crippen molar-refractivity contribution in [3.63, 3.8) is 0 Å². The van der Waals surface area contributed by atoms with E-state index in [1.807, 2.05) is 12.1 Å². The minimum absolute atomic E-state index is 0.0782. The van der Waals surface area contributed by atoms with Crippen LogP contribution >= 0.6 is 0 Å². The number of carbonyl (C=O) groups excluding carboxylic acids is 1. The van der Waals surface area contributed by atoms with Gasteiger partial charge in [0.2, 0.25) is 5.91 Å². The topological polar surface area (TPSA) is 61.4 Å². The van der Waals surface area contributed by atoms with Crippen LogP contribution < -0.4 is 10.2 Å². The SMILES string of the molecule is CCN(CCNC(=O)[C@@H]1CCCN(c2ccnc(-c3cccc(F)c3)n2)C1)Cc1ccccc1. The summed E-state index contributed by atoms with van der Waals surface area (Å²) in [6.45, 7) is 6.86. The maximum Gasteiger partial charge on any atom is 0.224 e. The molecule has 1 saturated heterocycles. The summed E-state index contributed by atoms with van der Waals surface area (Å²) in [6.07, 6.45) is 3.48. The van der Waals surface area contributed by atoms with Crippen LogP contribution in [0.25, 0.3) is 11.4 Å². The predicted molar refractivity (Wildman–Crippen MR) is 133 cm³/mol. The number of hydrogen-bond donors (Lipinski definition) is 1. The molecular formula is C27H32FN5O. The molecule has 0 saturated carbocycles. The average molecular weight is 462 g/mol. The summed E-state index contributed by atoms with van der Waals surface area (Å²) < 4.78 is 13.6. The van der Waals surface area contributed by atoms with Gasteiger partial charge in [0.1, 0.15) is 11.6 Å². The van der Waals surface area contributed by atoms with Gasteiger partial charge >= 0.3 is 0 Å². The second kappa shape index (κ2) is 11.7. The third-order valence-corrected chi connectivity index (χ3v) is 6.26. The van der Waals surface area contributed by atoms with E-state index in [0.29, 0.717) is 24.5 Å². The number of hydrogen-bond acceptors (Lipinski definition) is 5. The lowest BCUT2D eigenvalue weighted by Crippen LogP contribution is -2.45. The molecule has 0 aliphatic carbocycles. The Bertz CT molecular complexity index is 1080. The highest BCUT2D eigenvalue weighted by Gasteiger charge is 2.26. The normalized spacial score (nSPS) is 16.0. The first kappa shape index (κ1) is 23.8. The van der Waals surface area contributed by atoms with Crippen molar-refractivity contribution in [2.45, 2.75) is 26.3 Å². The highest BCUT2D eigenvalue weighted by molar-refractivity contribution is 5.79. The van der Waals surface area contributed by atoms with E-state index in [0.717, 1.165) is 44.8 Å². The number of anilines is 1. The van der Waals surface area contributed by atoms with E-state index in [1.54, 1.807) is 18.3 Å². The minimum atomic E-state index is -0.313. The second-order valence-corrected chi connectivity index (χ2v) is 8.68. The Kier molecular flexibility index (Phi) is 8.20. The van der Waals surface area contributed by atoms with Gasteiger partial charge < -0.3 is 10.2 Å². The van der Waals surface area contributed by atoms with Gasteiger partial charge in [0.25, 0.3) is 0 Å². The number of rotatable bonds is 9. The van der Waals surface area contributed by atoms with E-state index in [4.69, 9.17) is 0 Å². The van der Waals surface area contributed by atoms with Crippen LogP contribution in [0.5, 0.6) is 0 Å². The number of piperidine rings is 1. The van der Waals surface area contributed by atoms with Crippen LogP contribution in [0.1, 0.15) is 25.3 Å². The first-order chi connectivity index (χ1) is 16.6. The lowest BCUT2D eigenvalue weighted by atomic mass is 9.97. The molecule has 0 radical (unpaired) electrons. The molecule has 1 aliphatic heterocycles. The molecule has 6 nitrogen and oxygen atoms in total. The van der Waals surface area contributed by atoms with Gasteiger partial charge in [-0.3, -0.25) is 9.69 Å². The van der Waals surface area contributed by atoms with Crippen LogP contribution in [-0.4, -0.2) is 53.5 Å². The molecular weight excluding hydrogens is 429 g/mol. The third-order valence-electron chi connectivity index (χ3n) is 6.26. The second-order valence-electron chi connectivity index (χ2n) is 8.68. The molecule has 4 rings (SSSR count). The van der Waals surface area contributed by atoms with E-state index >= 15 is 0 Å². The summed E-state index contributed by atoms with van der Waals surface area (Å²) in [4.78, 5) is 26.3. The molecule has 1 fully saturated rings. The molecule has 1 aliphatic rings. The summed E-state index contributed by atoms with van der Waals surface area (Å²) in [5, 5.41) is 3.14. The number of carbonyl (C=O) groups is 1. The molecule has 1 N–H and O–H groups in total. The largest absolute Gasteiger partial charge is 0.356 e. The van der Waals surface area contributed by atoms with Gasteiger partial charge in [-0.05, 0) is 43.1 Å². The summed E-state index contributed by atoms with van der Waals surface area (Å²) in [5.41, 5.74) is 1.92. The lowest BCUT2D eigenvalue weighted by Gasteiger charge is -2.33. The molecule has 1 aromatic heterocycles. The number of nitrogens with zero attached hydrogens (tertiary/aromatic N) is 4. The number of benzene rings is 2. The van der Waals surface area contributed by atoms with Gasteiger partial charge in [0, 0.05) is 44.5 Å². The van der Waals surface area contributed by atoms with Crippen molar-refractivity contribution in [3.05, 3.63) is 78.2 Å². The van der Waals surface area contributed by atoms with E-state index in [1.165, 1.54) is 17.7 Å². The zero-order valence-electron chi connectivity index (χ0n) is 19.7. The molecule has 3 aromatic rings. The maximum atomic E-state index is 13.6. The fraction of sp³-hybridized carbons (Fsp3) is 0.370. The fourth-order valence-electron chi connectivity index (χ4n) is 4.36. The molecule has 1 atom stereocenters. The van der Waals surface area contributed by atoms with E-state index in [9.17, 15) is 9.18 Å². The first-order valence-corrected chi connectivity index (χ1v) is 12.0. The van der Waals surface area contributed by atoms with Gasteiger partial charge in [-0.1, -0.05) is 49.4 Å². The summed E-state index contributed by atoms with van der Waals surface area (Å²) in [7, 11) is 0. The zero-order valence-corrected chi connectivity index (χ0v) is 19.7. The van der Waals surface area contributed by atoms with Crippen molar-refractivity contribution < 1.29 is 9.18 Å². The molecule has 2 aromatic carbocycles. The van der Waals surface area contributed by atoms with Crippen molar-refractivity contribution in [2.24, 2.45) is 5.92 Å². The first-order valence-electron chi connectivity index (χ1n) is 12.0. The third kappa shape index (κ3) is 6.38. The number of amides is 1. The van der Waals surface area contributed by atoms with E-state index in [2.05, 4.69) is 56.3 Å². The number of halogens is 1. The van der Waals surface area contributed by atoms with Crippen LogP contribution in [0.15, 0.2) is 66.9 Å². The van der Waals surface area contributed by atoms with Crippen LogP contribution in [0.3, 0.4) is 0 Å². The summed E-state index contributed by atoms with van der Waals surface area (Å²) in [5.74, 6) is 0.963. The Labute approximate surface area is 200 Å². The zero-order chi connectivity index (χ0) is 23.8. The summed E-state index contributed by atoms with van der Waals surface area (Å²) in [6, 6.07) is 18.5. The predicted octanol–water partition coefficient (Wildman–Crippen LogP) is 4.14. The minimum Gasteiger partial charge on any atom is -0.356 e.